The quantitative estimate of drug-likeness (QED) is 0.694. The molecule has 0 radical (unpaired) electrons. The van der Waals surface area contributed by atoms with Gasteiger partial charge in [-0.25, -0.2) is 4.98 Å². The lowest BCUT2D eigenvalue weighted by molar-refractivity contribution is 0.169. The summed E-state index contributed by atoms with van der Waals surface area (Å²) in [4.78, 5) is 11.5. The molecular formula is C21H28N6. The van der Waals surface area contributed by atoms with Gasteiger partial charge >= 0.3 is 0 Å². The summed E-state index contributed by atoms with van der Waals surface area (Å²) in [5.41, 5.74) is 4.79. The summed E-state index contributed by atoms with van der Waals surface area (Å²) in [6.07, 6.45) is 10.3. The summed E-state index contributed by atoms with van der Waals surface area (Å²) < 4.78 is 4.44. The molecule has 6 nitrogen and oxygen atoms in total. The average molecular weight is 364 g/mol. The van der Waals surface area contributed by atoms with E-state index < -0.39 is 0 Å². The molecule has 4 rings (SSSR count). The summed E-state index contributed by atoms with van der Waals surface area (Å²) in [7, 11) is 0. The number of aromatic nitrogens is 5. The number of imidazole rings is 1. The van der Waals surface area contributed by atoms with Gasteiger partial charge in [-0.2, -0.15) is 5.10 Å². The molecule has 1 unspecified atom stereocenters. The summed E-state index contributed by atoms with van der Waals surface area (Å²) in [5, 5.41) is 4.60. The number of pyridine rings is 1. The Kier molecular flexibility index (Phi) is 5.07. The van der Waals surface area contributed by atoms with Crippen molar-refractivity contribution in [2.75, 3.05) is 13.1 Å². The van der Waals surface area contributed by atoms with Crippen molar-refractivity contribution < 1.29 is 0 Å². The number of rotatable bonds is 5. The lowest BCUT2D eigenvalue weighted by Crippen LogP contribution is -2.36. The van der Waals surface area contributed by atoms with Crippen LogP contribution in [0.4, 0.5) is 0 Å². The zero-order valence-corrected chi connectivity index (χ0v) is 16.5. The van der Waals surface area contributed by atoms with E-state index >= 15 is 0 Å². The maximum atomic E-state index is 4.69. The molecule has 4 heterocycles. The van der Waals surface area contributed by atoms with E-state index in [1.807, 2.05) is 29.3 Å². The van der Waals surface area contributed by atoms with Gasteiger partial charge in [0.2, 0.25) is 0 Å². The van der Waals surface area contributed by atoms with Gasteiger partial charge in [-0.15, -0.1) is 0 Å². The van der Waals surface area contributed by atoms with Crippen molar-refractivity contribution >= 4 is 0 Å². The van der Waals surface area contributed by atoms with Crippen LogP contribution in [0.3, 0.4) is 0 Å². The number of aryl methyl sites for hydroxylation is 3. The Balaban J connectivity index is 1.55. The standard InChI is InChI=1S/C21H28N6/c1-4-26-14-19(17(3)24-26)13-25-10-6-8-20(15-25)27-16(2)11-23-21(27)18-7-5-9-22-12-18/h5,7,9,11-12,14,20H,4,6,8,10,13,15H2,1-3H3. The van der Waals surface area contributed by atoms with Gasteiger partial charge in [0, 0.05) is 67.3 Å². The van der Waals surface area contributed by atoms with E-state index in [1.165, 1.54) is 24.1 Å². The van der Waals surface area contributed by atoms with Crippen LogP contribution in [-0.2, 0) is 13.1 Å². The Morgan fingerprint density at radius 2 is 2.11 bits per heavy atom. The fraction of sp³-hybridized carbons (Fsp3) is 0.476. The third kappa shape index (κ3) is 3.67. The molecule has 0 amide bonds. The van der Waals surface area contributed by atoms with E-state index in [2.05, 4.69) is 57.6 Å². The molecule has 1 atom stereocenters. The molecule has 0 N–H and O–H groups in total. The van der Waals surface area contributed by atoms with Crippen molar-refractivity contribution in [3.05, 3.63) is 53.9 Å². The van der Waals surface area contributed by atoms with Crippen molar-refractivity contribution in [3.63, 3.8) is 0 Å². The third-order valence-electron chi connectivity index (χ3n) is 5.51. The summed E-state index contributed by atoms with van der Waals surface area (Å²) >= 11 is 0. The zero-order chi connectivity index (χ0) is 18.8. The fourth-order valence-corrected chi connectivity index (χ4v) is 4.12. The predicted molar refractivity (Wildman–Crippen MR) is 106 cm³/mol. The van der Waals surface area contributed by atoms with E-state index in [0.717, 1.165) is 43.3 Å². The van der Waals surface area contributed by atoms with Crippen LogP contribution in [-0.4, -0.2) is 42.3 Å². The summed E-state index contributed by atoms with van der Waals surface area (Å²) in [6, 6.07) is 4.51. The first-order valence-electron chi connectivity index (χ1n) is 9.85. The Hall–Kier alpha value is -2.47. The van der Waals surface area contributed by atoms with Gasteiger partial charge in [-0.1, -0.05) is 0 Å². The molecule has 1 aliphatic heterocycles. The van der Waals surface area contributed by atoms with Gasteiger partial charge in [-0.05, 0) is 52.3 Å². The number of piperidine rings is 1. The van der Waals surface area contributed by atoms with Crippen LogP contribution in [0.25, 0.3) is 11.4 Å². The molecule has 0 aliphatic carbocycles. The number of hydrogen-bond donors (Lipinski definition) is 0. The molecule has 27 heavy (non-hydrogen) atoms. The highest BCUT2D eigenvalue weighted by molar-refractivity contribution is 5.54. The molecule has 0 saturated carbocycles. The fourth-order valence-electron chi connectivity index (χ4n) is 4.12. The van der Waals surface area contributed by atoms with Crippen LogP contribution < -0.4 is 0 Å². The van der Waals surface area contributed by atoms with Gasteiger partial charge in [0.1, 0.15) is 5.82 Å². The highest BCUT2D eigenvalue weighted by Gasteiger charge is 2.25. The molecule has 3 aromatic rings. The topological polar surface area (TPSA) is 51.8 Å². The van der Waals surface area contributed by atoms with Crippen LogP contribution in [0.5, 0.6) is 0 Å². The number of nitrogens with zero attached hydrogens (tertiary/aromatic N) is 6. The van der Waals surface area contributed by atoms with Gasteiger partial charge in [-0.3, -0.25) is 14.6 Å². The normalized spacial score (nSPS) is 18.1. The molecule has 142 valence electrons. The Morgan fingerprint density at radius 1 is 1.22 bits per heavy atom. The summed E-state index contributed by atoms with van der Waals surface area (Å²) in [6.45, 7) is 10.5. The molecule has 0 bridgehead atoms. The second-order valence-electron chi connectivity index (χ2n) is 7.46. The molecule has 1 fully saturated rings. The monoisotopic (exact) mass is 364 g/mol. The SMILES string of the molecule is CCn1cc(CN2CCCC(n3c(C)cnc3-c3cccnc3)C2)c(C)n1. The first-order valence-corrected chi connectivity index (χ1v) is 9.85. The lowest BCUT2D eigenvalue weighted by atomic mass is 10.0. The van der Waals surface area contributed by atoms with E-state index in [1.54, 1.807) is 0 Å². The van der Waals surface area contributed by atoms with E-state index in [4.69, 9.17) is 0 Å². The van der Waals surface area contributed by atoms with Crippen LogP contribution in [0.15, 0.2) is 36.9 Å². The minimum atomic E-state index is 0.443. The van der Waals surface area contributed by atoms with Crippen LogP contribution in [0.1, 0.15) is 42.8 Å². The lowest BCUT2D eigenvalue weighted by Gasteiger charge is -2.34. The van der Waals surface area contributed by atoms with E-state index in [-0.39, 0.29) is 0 Å². The first-order chi connectivity index (χ1) is 13.2. The van der Waals surface area contributed by atoms with Crippen LogP contribution >= 0.6 is 0 Å². The third-order valence-corrected chi connectivity index (χ3v) is 5.51. The summed E-state index contributed by atoms with van der Waals surface area (Å²) in [5.74, 6) is 1.03. The van der Waals surface area contributed by atoms with Crippen molar-refractivity contribution in [3.8, 4) is 11.4 Å². The zero-order valence-electron chi connectivity index (χ0n) is 16.5. The highest BCUT2D eigenvalue weighted by atomic mass is 15.3. The average Bonchev–Trinajstić information content (AvgIpc) is 3.25. The molecular weight excluding hydrogens is 336 g/mol. The van der Waals surface area contributed by atoms with Gasteiger partial charge in [0.05, 0.1) is 5.69 Å². The number of hydrogen-bond acceptors (Lipinski definition) is 4. The largest absolute Gasteiger partial charge is 0.324 e. The van der Waals surface area contributed by atoms with Crippen molar-refractivity contribution in [1.82, 2.24) is 29.2 Å². The minimum absolute atomic E-state index is 0.443. The van der Waals surface area contributed by atoms with Crippen molar-refractivity contribution in [2.45, 2.75) is 52.7 Å². The van der Waals surface area contributed by atoms with Crippen LogP contribution in [0.2, 0.25) is 0 Å². The van der Waals surface area contributed by atoms with Gasteiger partial charge in [0.15, 0.2) is 0 Å². The maximum absolute atomic E-state index is 4.69. The second-order valence-corrected chi connectivity index (χ2v) is 7.46. The van der Waals surface area contributed by atoms with Crippen molar-refractivity contribution in [1.29, 1.82) is 0 Å². The number of likely N-dealkylation sites (tertiary alicyclic amines) is 1. The van der Waals surface area contributed by atoms with Crippen LogP contribution in [0, 0.1) is 13.8 Å². The second kappa shape index (κ2) is 7.64. The maximum Gasteiger partial charge on any atom is 0.141 e. The highest BCUT2D eigenvalue weighted by Crippen LogP contribution is 2.29. The molecule has 0 spiro atoms. The van der Waals surface area contributed by atoms with E-state index in [9.17, 15) is 0 Å². The molecule has 1 aliphatic rings. The van der Waals surface area contributed by atoms with Crippen molar-refractivity contribution in [2.24, 2.45) is 0 Å². The van der Waals surface area contributed by atoms with E-state index in [0.29, 0.717) is 6.04 Å². The smallest absolute Gasteiger partial charge is 0.141 e. The van der Waals surface area contributed by atoms with Gasteiger partial charge < -0.3 is 4.57 Å². The predicted octanol–water partition coefficient (Wildman–Crippen LogP) is 3.62. The Bertz CT molecular complexity index is 895. The molecule has 3 aromatic heterocycles. The Morgan fingerprint density at radius 3 is 2.85 bits per heavy atom. The molecule has 0 aromatic carbocycles. The minimum Gasteiger partial charge on any atom is -0.324 e. The first kappa shape index (κ1) is 17.9. The van der Waals surface area contributed by atoms with Gasteiger partial charge in [0.25, 0.3) is 0 Å². The Labute approximate surface area is 160 Å². The molecule has 6 heteroatoms. The molecule has 1 saturated heterocycles.